The average molecular weight is 1510 g/mol. The van der Waals surface area contributed by atoms with E-state index < -0.39 is 0 Å². The van der Waals surface area contributed by atoms with Crippen LogP contribution in [0, 0.1) is 0 Å². The molecular formula is C104H68N14. The van der Waals surface area contributed by atoms with Gasteiger partial charge < -0.3 is 18.3 Å². The van der Waals surface area contributed by atoms with Crippen LogP contribution in [0.2, 0.25) is 0 Å². The molecule has 14 aromatic heterocycles. The number of hydrogen-bond acceptors (Lipinski definition) is 10. The maximum atomic E-state index is 5.16. The molecule has 118 heavy (non-hydrogen) atoms. The highest BCUT2D eigenvalue weighted by Gasteiger charge is 2.22. The summed E-state index contributed by atoms with van der Waals surface area (Å²) in [7, 11) is 0. The lowest BCUT2D eigenvalue weighted by Gasteiger charge is -2.15. The smallest absolute Gasteiger partial charge is 0.0963 e. The van der Waals surface area contributed by atoms with Crippen LogP contribution >= 0.6 is 0 Å². The lowest BCUT2D eigenvalue weighted by atomic mass is 10.00. The first-order chi connectivity index (χ1) is 58.5. The molecule has 23 rings (SSSR count). The third-order valence-electron chi connectivity index (χ3n) is 21.8. The number of rotatable bonds is 12. The zero-order chi connectivity index (χ0) is 78.2. The van der Waals surface area contributed by atoms with E-state index in [9.17, 15) is 0 Å². The molecule has 0 radical (unpaired) electrons. The molecule has 0 amide bonds. The van der Waals surface area contributed by atoms with Gasteiger partial charge in [-0.1, -0.05) is 188 Å². The van der Waals surface area contributed by atoms with Crippen molar-refractivity contribution in [3.05, 3.63) is 414 Å². The fourth-order valence-corrected chi connectivity index (χ4v) is 16.4. The van der Waals surface area contributed by atoms with E-state index in [-0.39, 0.29) is 0 Å². The fourth-order valence-electron chi connectivity index (χ4n) is 16.4. The maximum Gasteiger partial charge on any atom is 0.0963 e. The second-order valence-electron chi connectivity index (χ2n) is 28.8. The van der Waals surface area contributed by atoms with Gasteiger partial charge in [0.05, 0.1) is 101 Å². The molecule has 0 spiro atoms. The largest absolute Gasteiger partial charge is 0.309 e. The van der Waals surface area contributed by atoms with Gasteiger partial charge >= 0.3 is 0 Å². The van der Waals surface area contributed by atoms with E-state index in [1.54, 1.807) is 12.4 Å². The maximum absolute atomic E-state index is 5.16. The normalized spacial score (nSPS) is 11.4. The Balaban J connectivity index is 0.000000111. The molecule has 0 fully saturated rings. The molecule has 9 aromatic carbocycles. The van der Waals surface area contributed by atoms with Crippen molar-refractivity contribution in [3.8, 4) is 113 Å². The van der Waals surface area contributed by atoms with E-state index in [0.29, 0.717) is 0 Å². The first-order valence-electron chi connectivity index (χ1n) is 39.1. The van der Waals surface area contributed by atoms with Crippen molar-refractivity contribution in [1.82, 2.24) is 68.1 Å². The van der Waals surface area contributed by atoms with Gasteiger partial charge in [0, 0.05) is 139 Å². The summed E-state index contributed by atoms with van der Waals surface area (Å²) in [6, 6.07) is 122. The Bertz CT molecular complexity index is 7210. The summed E-state index contributed by atoms with van der Waals surface area (Å²) in [6.07, 6.45) is 18.6. The van der Waals surface area contributed by atoms with Crippen molar-refractivity contribution >= 4 is 87.5 Å². The molecule has 0 aliphatic heterocycles. The van der Waals surface area contributed by atoms with Crippen molar-refractivity contribution in [3.63, 3.8) is 0 Å². The van der Waals surface area contributed by atoms with Crippen LogP contribution in [-0.4, -0.2) is 68.1 Å². The Morgan fingerprint density at radius 2 is 0.517 bits per heavy atom. The SMILES string of the molecule is c1ccc(-c2cc(-c3cccc(-n4c5ccccc5c5cnccc54)c3)cc(-c3ccccn3)n2)nc1.c1ccc(-c2cc(-c3ccccc3)nc(-c3ccc(-n4c5ccncc5c5cnccc54)cc3)c2)cc1.c1ccc(-c2cccc(-c3cc(-n4c5ccccc5c5ncccc54)cc(-n4c5ccccc5c5ncccc54)c3)n2)cc1. The van der Waals surface area contributed by atoms with Gasteiger partial charge in [-0.25, -0.2) is 15.0 Å². The Hall–Kier alpha value is -16.3. The fraction of sp³-hybridized carbons (Fsp3) is 0. The zero-order valence-electron chi connectivity index (χ0n) is 63.5. The Labute approximate surface area is 678 Å². The highest BCUT2D eigenvalue weighted by molar-refractivity contribution is 6.11. The molecule has 0 bridgehead atoms. The van der Waals surface area contributed by atoms with Crippen molar-refractivity contribution in [2.24, 2.45) is 0 Å². The van der Waals surface area contributed by atoms with Gasteiger partial charge in [0.15, 0.2) is 0 Å². The van der Waals surface area contributed by atoms with E-state index in [4.69, 9.17) is 24.9 Å². The first-order valence-corrected chi connectivity index (χ1v) is 39.1. The van der Waals surface area contributed by atoms with E-state index >= 15 is 0 Å². The first kappa shape index (κ1) is 69.6. The van der Waals surface area contributed by atoms with Gasteiger partial charge in [0.2, 0.25) is 0 Å². The minimum atomic E-state index is 0.812. The molecule has 0 aliphatic rings. The van der Waals surface area contributed by atoms with E-state index in [1.165, 1.54) is 10.9 Å². The second-order valence-corrected chi connectivity index (χ2v) is 28.8. The molecule has 14 heteroatoms. The lowest BCUT2D eigenvalue weighted by molar-refractivity contribution is 1.13. The Kier molecular flexibility index (Phi) is 17.9. The van der Waals surface area contributed by atoms with Crippen LogP contribution in [0.3, 0.4) is 0 Å². The third kappa shape index (κ3) is 13.0. The Morgan fingerprint density at radius 1 is 0.161 bits per heavy atom. The highest BCUT2D eigenvalue weighted by atomic mass is 15.0. The number of fused-ring (bicyclic) bond motifs is 12. The summed E-state index contributed by atoms with van der Waals surface area (Å²) in [5, 5.41) is 6.77. The molecule has 0 saturated carbocycles. The third-order valence-corrected chi connectivity index (χ3v) is 21.8. The topological polar surface area (TPSA) is 149 Å². The van der Waals surface area contributed by atoms with Crippen LogP contribution in [-0.2, 0) is 0 Å². The number of pyridine rings is 10. The van der Waals surface area contributed by atoms with E-state index in [0.717, 1.165) is 189 Å². The summed E-state index contributed by atoms with van der Waals surface area (Å²) >= 11 is 0. The predicted molar refractivity (Wildman–Crippen MR) is 478 cm³/mol. The molecule has 0 aliphatic carbocycles. The van der Waals surface area contributed by atoms with Gasteiger partial charge in [-0.2, -0.15) is 0 Å². The van der Waals surface area contributed by atoms with Crippen LogP contribution in [0.5, 0.6) is 0 Å². The van der Waals surface area contributed by atoms with Crippen molar-refractivity contribution in [2.45, 2.75) is 0 Å². The van der Waals surface area contributed by atoms with Gasteiger partial charge in [-0.05, 0) is 186 Å². The van der Waals surface area contributed by atoms with Crippen molar-refractivity contribution in [2.75, 3.05) is 0 Å². The number of aromatic nitrogens is 14. The van der Waals surface area contributed by atoms with Crippen molar-refractivity contribution in [1.29, 1.82) is 0 Å². The summed E-state index contributed by atoms with van der Waals surface area (Å²) in [5.74, 6) is 0. The van der Waals surface area contributed by atoms with Crippen LogP contribution in [0.1, 0.15) is 0 Å². The quantitative estimate of drug-likeness (QED) is 0.116. The van der Waals surface area contributed by atoms with Gasteiger partial charge in [0.25, 0.3) is 0 Å². The predicted octanol–water partition coefficient (Wildman–Crippen LogP) is 24.7. The number of benzene rings is 9. The minimum Gasteiger partial charge on any atom is -0.309 e. The zero-order valence-corrected chi connectivity index (χ0v) is 63.5. The minimum absolute atomic E-state index is 0.812. The molecule has 554 valence electrons. The summed E-state index contributed by atoms with van der Waals surface area (Å²) in [6.45, 7) is 0. The van der Waals surface area contributed by atoms with Crippen LogP contribution in [0.25, 0.3) is 200 Å². The van der Waals surface area contributed by atoms with E-state index in [2.05, 4.69) is 328 Å². The van der Waals surface area contributed by atoms with Gasteiger partial charge in [-0.15, -0.1) is 0 Å². The standard InChI is InChI=1S/C39H25N5.C33H22N4.C32H21N5/c1-2-11-26(12-3-1)32-15-8-16-33(42-32)27-23-28(43-34-17-6-4-13-30(34)38-36(43)19-9-21-40-38)25-29(24-27)44-35-18-7-5-14-31(35)39-37(44)20-10-22-41-39;1-3-7-23(8-4-1)26-19-30(24-9-5-2-6-10-24)36-31(20-26)25-11-13-27(14-12-25)37-32-15-17-34-21-28(32)29-22-35-18-16-33(29)37;1-2-13-31-25(10-1)26-21-33-17-14-32(26)37(31)24-9-7-8-22(18-24)23-19-29(27-11-3-5-15-34-27)36-30(20-23)28-12-4-6-16-35-28/h1-25H;1-22H;1-21H. The summed E-state index contributed by atoms with van der Waals surface area (Å²) < 4.78 is 9.20. The van der Waals surface area contributed by atoms with E-state index in [1.807, 2.05) is 116 Å². The van der Waals surface area contributed by atoms with Crippen LogP contribution in [0.4, 0.5) is 0 Å². The monoisotopic (exact) mass is 1510 g/mol. The molecule has 0 saturated heterocycles. The number of hydrogen-bond donors (Lipinski definition) is 0. The second kappa shape index (κ2) is 30.3. The molecule has 23 aromatic rings. The van der Waals surface area contributed by atoms with Crippen LogP contribution < -0.4 is 0 Å². The molecule has 14 nitrogen and oxygen atoms in total. The lowest BCUT2D eigenvalue weighted by Crippen LogP contribution is -2.01. The Morgan fingerprint density at radius 3 is 1.05 bits per heavy atom. The average Bonchev–Trinajstić information content (AvgIpc) is 1.59. The number of para-hydroxylation sites is 3. The molecule has 0 N–H and O–H groups in total. The molecule has 0 unspecified atom stereocenters. The highest BCUT2D eigenvalue weighted by Crippen LogP contribution is 2.41. The number of nitrogens with zero attached hydrogens (tertiary/aromatic N) is 14. The molecule has 14 heterocycles. The van der Waals surface area contributed by atoms with Crippen molar-refractivity contribution < 1.29 is 0 Å². The van der Waals surface area contributed by atoms with Gasteiger partial charge in [-0.3, -0.25) is 34.9 Å². The summed E-state index contributed by atoms with van der Waals surface area (Å²) in [5.41, 5.74) is 30.9. The van der Waals surface area contributed by atoms with Crippen LogP contribution in [0.15, 0.2) is 414 Å². The molecular weight excluding hydrogens is 1450 g/mol. The van der Waals surface area contributed by atoms with Gasteiger partial charge in [0.1, 0.15) is 0 Å². The summed E-state index contributed by atoms with van der Waals surface area (Å²) in [4.78, 5) is 46.9. The molecule has 0 atom stereocenters.